The fraction of sp³-hybridized carbons (Fsp3) is 0.143. The third-order valence-corrected chi connectivity index (χ3v) is 2.19. The Labute approximate surface area is 95.9 Å². The van der Waals surface area contributed by atoms with Crippen molar-refractivity contribution in [3.63, 3.8) is 0 Å². The van der Waals surface area contributed by atoms with Crippen LogP contribution in [0.5, 0.6) is 5.75 Å². The standard InChI is InChI=1S/C7H4BBrF4O3/c9-3-1-2-4(16-7(11,12)13)5(6(3)10)8(14)15/h1-2,14-15H. The van der Waals surface area contributed by atoms with Crippen LogP contribution in [0.4, 0.5) is 17.6 Å². The van der Waals surface area contributed by atoms with Gasteiger partial charge in [-0.15, -0.1) is 13.2 Å². The van der Waals surface area contributed by atoms with E-state index in [1.54, 1.807) is 0 Å². The predicted octanol–water partition coefficient (Wildman–Crippen LogP) is 1.17. The van der Waals surface area contributed by atoms with Gasteiger partial charge in [0.2, 0.25) is 0 Å². The molecule has 0 fully saturated rings. The zero-order chi connectivity index (χ0) is 12.5. The molecule has 9 heteroatoms. The van der Waals surface area contributed by atoms with E-state index in [4.69, 9.17) is 10.0 Å². The maximum absolute atomic E-state index is 13.3. The number of benzene rings is 1. The smallest absolute Gasteiger partial charge is 0.423 e. The third-order valence-electron chi connectivity index (χ3n) is 1.58. The molecule has 0 aliphatic rings. The predicted molar refractivity (Wildman–Crippen MR) is 50.6 cm³/mol. The summed E-state index contributed by atoms with van der Waals surface area (Å²) in [4.78, 5) is 0. The van der Waals surface area contributed by atoms with Crippen LogP contribution in [-0.4, -0.2) is 23.5 Å². The number of halogens is 5. The molecule has 0 aromatic heterocycles. The monoisotopic (exact) mass is 302 g/mol. The third kappa shape index (κ3) is 3.10. The highest BCUT2D eigenvalue weighted by Crippen LogP contribution is 2.25. The Morgan fingerprint density at radius 1 is 1.25 bits per heavy atom. The summed E-state index contributed by atoms with van der Waals surface area (Å²) in [6.45, 7) is 0. The number of rotatable bonds is 2. The van der Waals surface area contributed by atoms with Crippen molar-refractivity contribution in [3.8, 4) is 5.75 Å². The van der Waals surface area contributed by atoms with Gasteiger partial charge in [0.25, 0.3) is 0 Å². The second kappa shape index (κ2) is 4.60. The Bertz CT molecular complexity index is 396. The largest absolute Gasteiger partial charge is 0.573 e. The van der Waals surface area contributed by atoms with Crippen LogP contribution in [0.15, 0.2) is 16.6 Å². The van der Waals surface area contributed by atoms with Crippen LogP contribution < -0.4 is 10.2 Å². The molecule has 0 saturated carbocycles. The van der Waals surface area contributed by atoms with Crippen LogP contribution in [0.3, 0.4) is 0 Å². The zero-order valence-electron chi connectivity index (χ0n) is 7.42. The van der Waals surface area contributed by atoms with Crippen LogP contribution in [0, 0.1) is 5.82 Å². The summed E-state index contributed by atoms with van der Waals surface area (Å²) in [5, 5.41) is 17.5. The molecule has 0 amide bonds. The van der Waals surface area contributed by atoms with E-state index in [1.165, 1.54) is 0 Å². The van der Waals surface area contributed by atoms with Crippen LogP contribution in [-0.2, 0) is 0 Å². The van der Waals surface area contributed by atoms with Gasteiger partial charge < -0.3 is 14.8 Å². The maximum Gasteiger partial charge on any atom is 0.573 e. The van der Waals surface area contributed by atoms with Gasteiger partial charge in [-0.25, -0.2) is 4.39 Å². The quantitative estimate of drug-likeness (QED) is 0.637. The minimum Gasteiger partial charge on any atom is -0.423 e. The highest BCUT2D eigenvalue weighted by atomic mass is 79.9. The molecule has 0 heterocycles. The highest BCUT2D eigenvalue weighted by Gasteiger charge is 2.35. The summed E-state index contributed by atoms with van der Waals surface area (Å²) in [7, 11) is -2.41. The van der Waals surface area contributed by atoms with E-state index < -0.39 is 30.5 Å². The van der Waals surface area contributed by atoms with Gasteiger partial charge >= 0.3 is 13.5 Å². The van der Waals surface area contributed by atoms with Crippen molar-refractivity contribution in [3.05, 3.63) is 22.4 Å². The van der Waals surface area contributed by atoms with Crippen molar-refractivity contribution >= 4 is 28.5 Å². The Kier molecular flexibility index (Phi) is 3.82. The molecule has 0 spiro atoms. The summed E-state index contributed by atoms with van der Waals surface area (Å²) in [5.41, 5.74) is -0.980. The molecule has 0 aliphatic heterocycles. The fourth-order valence-electron chi connectivity index (χ4n) is 1.00. The number of ether oxygens (including phenoxy) is 1. The molecule has 0 bridgehead atoms. The Balaban J connectivity index is 3.24. The van der Waals surface area contributed by atoms with Crippen LogP contribution in [0.25, 0.3) is 0 Å². The van der Waals surface area contributed by atoms with Crippen molar-refractivity contribution in [2.45, 2.75) is 6.36 Å². The summed E-state index contributed by atoms with van der Waals surface area (Å²) in [5.74, 6) is -2.22. The van der Waals surface area contributed by atoms with Gasteiger partial charge in [0.1, 0.15) is 11.6 Å². The molecule has 1 rings (SSSR count). The van der Waals surface area contributed by atoms with E-state index in [1.807, 2.05) is 0 Å². The molecular formula is C7H4BBrF4O3. The van der Waals surface area contributed by atoms with Crippen LogP contribution in [0.2, 0.25) is 0 Å². The van der Waals surface area contributed by atoms with Gasteiger partial charge in [-0.1, -0.05) is 0 Å². The summed E-state index contributed by atoms with van der Waals surface area (Å²) in [6, 6.07) is 1.73. The van der Waals surface area contributed by atoms with Crippen LogP contribution >= 0.6 is 15.9 Å². The van der Waals surface area contributed by atoms with Crippen molar-refractivity contribution in [1.82, 2.24) is 0 Å². The molecule has 3 nitrogen and oxygen atoms in total. The van der Waals surface area contributed by atoms with Crippen molar-refractivity contribution in [2.24, 2.45) is 0 Å². The van der Waals surface area contributed by atoms with Gasteiger partial charge in [-0.05, 0) is 28.1 Å². The second-order valence-electron chi connectivity index (χ2n) is 2.69. The lowest BCUT2D eigenvalue weighted by Gasteiger charge is -2.14. The lowest BCUT2D eigenvalue weighted by molar-refractivity contribution is -0.274. The number of hydrogen-bond donors (Lipinski definition) is 2. The topological polar surface area (TPSA) is 49.7 Å². The molecule has 0 atom stereocenters. The van der Waals surface area contributed by atoms with Crippen molar-refractivity contribution in [2.75, 3.05) is 0 Å². The van der Waals surface area contributed by atoms with Gasteiger partial charge in [-0.2, -0.15) is 0 Å². The summed E-state index contributed by atoms with van der Waals surface area (Å²) >= 11 is 2.69. The van der Waals surface area contributed by atoms with E-state index >= 15 is 0 Å². The lowest BCUT2D eigenvalue weighted by atomic mass is 9.79. The Hall–Kier alpha value is -0.795. The van der Waals surface area contributed by atoms with Gasteiger partial charge in [-0.3, -0.25) is 0 Å². The molecule has 2 N–H and O–H groups in total. The van der Waals surface area contributed by atoms with E-state index in [-0.39, 0.29) is 4.47 Å². The average molecular weight is 303 g/mol. The van der Waals surface area contributed by atoms with E-state index in [0.717, 1.165) is 12.1 Å². The van der Waals surface area contributed by atoms with Crippen molar-refractivity contribution in [1.29, 1.82) is 0 Å². The number of hydrogen-bond acceptors (Lipinski definition) is 3. The van der Waals surface area contributed by atoms with E-state index in [2.05, 4.69) is 20.7 Å². The minimum absolute atomic E-state index is 0.204. The Morgan fingerprint density at radius 2 is 1.81 bits per heavy atom. The molecule has 0 unspecified atom stereocenters. The first-order valence-corrected chi connectivity index (χ1v) is 4.61. The molecule has 0 saturated heterocycles. The first-order chi connectivity index (χ1) is 7.22. The molecule has 0 aliphatic carbocycles. The number of alkyl halides is 3. The summed E-state index contributed by atoms with van der Waals surface area (Å²) < 4.78 is 52.2. The summed E-state index contributed by atoms with van der Waals surface area (Å²) in [6.07, 6.45) is -5.04. The van der Waals surface area contributed by atoms with Crippen LogP contribution in [0.1, 0.15) is 0 Å². The molecule has 1 aromatic carbocycles. The van der Waals surface area contributed by atoms with Gasteiger partial charge in [0, 0.05) is 0 Å². The first-order valence-electron chi connectivity index (χ1n) is 3.82. The Morgan fingerprint density at radius 3 is 2.25 bits per heavy atom. The molecule has 1 aromatic rings. The first kappa shape index (κ1) is 13.3. The van der Waals surface area contributed by atoms with Crippen molar-refractivity contribution < 1.29 is 32.3 Å². The molecule has 0 radical (unpaired) electrons. The van der Waals surface area contributed by atoms with E-state index in [9.17, 15) is 17.6 Å². The van der Waals surface area contributed by atoms with Gasteiger partial charge in [0.15, 0.2) is 0 Å². The fourth-order valence-corrected chi connectivity index (χ4v) is 1.35. The van der Waals surface area contributed by atoms with E-state index in [0.29, 0.717) is 0 Å². The zero-order valence-corrected chi connectivity index (χ0v) is 9.01. The normalized spacial score (nSPS) is 11.4. The highest BCUT2D eigenvalue weighted by molar-refractivity contribution is 9.10. The van der Waals surface area contributed by atoms with Gasteiger partial charge in [0.05, 0.1) is 9.94 Å². The molecular weight excluding hydrogens is 299 g/mol. The molecule has 88 valence electrons. The molecule has 16 heavy (non-hydrogen) atoms. The maximum atomic E-state index is 13.3. The second-order valence-corrected chi connectivity index (χ2v) is 3.55. The minimum atomic E-state index is -5.04. The SMILES string of the molecule is OB(O)c1c(OC(F)(F)F)ccc(Br)c1F. The lowest BCUT2D eigenvalue weighted by Crippen LogP contribution is -2.36. The average Bonchev–Trinajstić information content (AvgIpc) is 2.08.